The van der Waals surface area contributed by atoms with Gasteiger partial charge in [-0.1, -0.05) is 37.6 Å². The van der Waals surface area contributed by atoms with Crippen molar-refractivity contribution in [1.29, 1.82) is 0 Å². The first-order valence-electron chi connectivity index (χ1n) is 7.48. The van der Waals surface area contributed by atoms with Crippen LogP contribution in [0.25, 0.3) is 0 Å². The summed E-state index contributed by atoms with van der Waals surface area (Å²) in [5, 5.41) is 0. The minimum atomic E-state index is 0.0476. The maximum Gasteiger partial charge on any atom is 0.222 e. The monoisotopic (exact) mass is 273 g/mol. The molecule has 1 aromatic rings. The summed E-state index contributed by atoms with van der Waals surface area (Å²) < 4.78 is 0. The van der Waals surface area contributed by atoms with Gasteiger partial charge in [0.2, 0.25) is 5.91 Å². The Labute approximate surface area is 121 Å². The zero-order valence-electron chi connectivity index (χ0n) is 12.4. The van der Waals surface area contributed by atoms with Gasteiger partial charge in [-0.15, -0.1) is 0 Å². The molecular formula is C17H23NO2. The second-order valence-electron chi connectivity index (χ2n) is 5.66. The zero-order valence-corrected chi connectivity index (χ0v) is 12.4. The molecule has 108 valence electrons. The summed E-state index contributed by atoms with van der Waals surface area (Å²) in [4.78, 5) is 26.2. The van der Waals surface area contributed by atoms with Crippen LogP contribution in [0.3, 0.4) is 0 Å². The van der Waals surface area contributed by atoms with Gasteiger partial charge in [0.05, 0.1) is 6.54 Å². The Morgan fingerprint density at radius 1 is 1.30 bits per heavy atom. The highest BCUT2D eigenvalue weighted by Gasteiger charge is 2.23. The largest absolute Gasteiger partial charge is 0.335 e. The molecule has 1 atom stereocenters. The summed E-state index contributed by atoms with van der Waals surface area (Å²) in [7, 11) is 0. The van der Waals surface area contributed by atoms with E-state index in [4.69, 9.17) is 0 Å². The number of hydrogen-bond acceptors (Lipinski definition) is 2. The van der Waals surface area contributed by atoms with E-state index < -0.39 is 0 Å². The normalized spacial score (nSPS) is 19.8. The second kappa shape index (κ2) is 6.69. The van der Waals surface area contributed by atoms with Crippen LogP contribution >= 0.6 is 0 Å². The van der Waals surface area contributed by atoms with E-state index in [1.54, 1.807) is 4.90 Å². The number of rotatable bonds is 4. The van der Waals surface area contributed by atoms with Gasteiger partial charge in [0.1, 0.15) is 0 Å². The summed E-state index contributed by atoms with van der Waals surface area (Å²) in [5.41, 5.74) is 1.71. The molecule has 1 heterocycles. The van der Waals surface area contributed by atoms with Crippen molar-refractivity contribution in [1.82, 2.24) is 4.90 Å². The molecule has 1 aliphatic heterocycles. The fourth-order valence-electron chi connectivity index (χ4n) is 2.81. The summed E-state index contributed by atoms with van der Waals surface area (Å²) in [6.07, 6.45) is 3.68. The van der Waals surface area contributed by atoms with Gasteiger partial charge in [-0.3, -0.25) is 9.59 Å². The van der Waals surface area contributed by atoms with E-state index in [0.29, 0.717) is 12.3 Å². The van der Waals surface area contributed by atoms with Crippen LogP contribution in [0.1, 0.15) is 48.5 Å². The Bertz CT molecular complexity index is 496. The van der Waals surface area contributed by atoms with E-state index in [1.807, 2.05) is 31.2 Å². The highest BCUT2D eigenvalue weighted by molar-refractivity contribution is 6.00. The molecule has 1 aliphatic rings. The van der Waals surface area contributed by atoms with E-state index in [2.05, 4.69) is 6.92 Å². The Morgan fingerprint density at radius 3 is 2.75 bits per heavy atom. The van der Waals surface area contributed by atoms with Gasteiger partial charge < -0.3 is 4.90 Å². The second-order valence-corrected chi connectivity index (χ2v) is 5.66. The Kier molecular flexibility index (Phi) is 4.94. The lowest BCUT2D eigenvalue weighted by atomic mass is 9.98. The maximum atomic E-state index is 12.3. The molecule has 0 aromatic heterocycles. The van der Waals surface area contributed by atoms with Crippen LogP contribution in [-0.4, -0.2) is 29.7 Å². The van der Waals surface area contributed by atoms with Gasteiger partial charge in [0, 0.05) is 18.5 Å². The highest BCUT2D eigenvalue weighted by atomic mass is 16.2. The Morgan fingerprint density at radius 2 is 2.05 bits per heavy atom. The molecule has 3 nitrogen and oxygen atoms in total. The maximum absolute atomic E-state index is 12.3. The number of likely N-dealkylation sites (tertiary alicyclic amines) is 1. The molecule has 0 spiro atoms. The minimum Gasteiger partial charge on any atom is -0.335 e. The summed E-state index contributed by atoms with van der Waals surface area (Å²) >= 11 is 0. The van der Waals surface area contributed by atoms with Crippen molar-refractivity contribution in [2.24, 2.45) is 5.92 Å². The molecule has 0 aliphatic carbocycles. The smallest absolute Gasteiger partial charge is 0.222 e. The van der Waals surface area contributed by atoms with Crippen molar-refractivity contribution >= 4 is 11.7 Å². The molecule has 0 N–H and O–H groups in total. The van der Waals surface area contributed by atoms with Crippen LogP contribution in [0.5, 0.6) is 0 Å². The van der Waals surface area contributed by atoms with Crippen LogP contribution < -0.4 is 0 Å². The lowest BCUT2D eigenvalue weighted by Gasteiger charge is -2.20. The van der Waals surface area contributed by atoms with E-state index >= 15 is 0 Å². The first-order chi connectivity index (χ1) is 9.61. The predicted octanol–water partition coefficient (Wildman–Crippen LogP) is 3.22. The van der Waals surface area contributed by atoms with Gasteiger partial charge in [0.25, 0.3) is 0 Å². The number of carbonyl (C=O) groups excluding carboxylic acids is 2. The molecule has 2 rings (SSSR count). The third kappa shape index (κ3) is 3.47. The molecule has 0 saturated carbocycles. The topological polar surface area (TPSA) is 37.4 Å². The van der Waals surface area contributed by atoms with Gasteiger partial charge in [-0.05, 0) is 31.2 Å². The van der Waals surface area contributed by atoms with Crippen molar-refractivity contribution in [2.45, 2.75) is 39.5 Å². The molecule has 1 amide bonds. The molecule has 3 heteroatoms. The number of nitrogens with zero attached hydrogens (tertiary/aromatic N) is 1. The van der Waals surface area contributed by atoms with Crippen molar-refractivity contribution in [3.05, 3.63) is 35.4 Å². The van der Waals surface area contributed by atoms with E-state index in [-0.39, 0.29) is 18.2 Å². The fraction of sp³-hybridized carbons (Fsp3) is 0.529. The fourth-order valence-corrected chi connectivity index (χ4v) is 2.81. The van der Waals surface area contributed by atoms with Gasteiger partial charge >= 0.3 is 0 Å². The van der Waals surface area contributed by atoms with Crippen LogP contribution in [0.15, 0.2) is 24.3 Å². The number of Topliss-reactive ketones (excluding diaryl/α,β-unsaturated/α-hetero) is 1. The highest BCUT2D eigenvalue weighted by Crippen LogP contribution is 2.21. The zero-order chi connectivity index (χ0) is 14.5. The molecular weight excluding hydrogens is 250 g/mol. The predicted molar refractivity (Wildman–Crippen MR) is 79.7 cm³/mol. The van der Waals surface area contributed by atoms with Gasteiger partial charge in [0.15, 0.2) is 5.78 Å². The number of amides is 1. The molecule has 1 unspecified atom stereocenters. The Hall–Kier alpha value is -1.64. The van der Waals surface area contributed by atoms with Crippen LogP contribution in [0.2, 0.25) is 0 Å². The number of hydrogen-bond donors (Lipinski definition) is 0. The lowest BCUT2D eigenvalue weighted by molar-refractivity contribution is -0.130. The van der Waals surface area contributed by atoms with Crippen LogP contribution in [0, 0.1) is 12.8 Å². The van der Waals surface area contributed by atoms with Gasteiger partial charge in [-0.25, -0.2) is 0 Å². The standard InChI is InChI=1S/C17H23NO2/c1-3-14-8-9-17(20)18(11-10-14)12-16(19)15-7-5-4-6-13(15)2/h4-7,14H,3,8-12H2,1-2H3. The molecule has 1 fully saturated rings. The molecule has 1 saturated heterocycles. The van der Waals surface area contributed by atoms with E-state index in [1.165, 1.54) is 0 Å². The van der Waals surface area contributed by atoms with E-state index in [9.17, 15) is 9.59 Å². The van der Waals surface area contributed by atoms with Crippen molar-refractivity contribution in [2.75, 3.05) is 13.1 Å². The summed E-state index contributed by atoms with van der Waals surface area (Å²) in [6, 6.07) is 7.58. The molecule has 0 radical (unpaired) electrons. The van der Waals surface area contributed by atoms with Crippen molar-refractivity contribution < 1.29 is 9.59 Å². The first-order valence-corrected chi connectivity index (χ1v) is 7.48. The number of carbonyl (C=O) groups is 2. The third-order valence-corrected chi connectivity index (χ3v) is 4.28. The third-order valence-electron chi connectivity index (χ3n) is 4.28. The molecule has 1 aromatic carbocycles. The van der Waals surface area contributed by atoms with E-state index in [0.717, 1.165) is 36.9 Å². The average Bonchev–Trinajstić information content (AvgIpc) is 2.62. The molecule has 0 bridgehead atoms. The van der Waals surface area contributed by atoms with Crippen LogP contribution in [-0.2, 0) is 4.79 Å². The first kappa shape index (κ1) is 14.8. The van der Waals surface area contributed by atoms with Gasteiger partial charge in [-0.2, -0.15) is 0 Å². The summed E-state index contributed by atoms with van der Waals surface area (Å²) in [5.74, 6) is 0.798. The average molecular weight is 273 g/mol. The number of aryl methyl sites for hydroxylation is 1. The van der Waals surface area contributed by atoms with Crippen LogP contribution in [0.4, 0.5) is 0 Å². The number of ketones is 1. The van der Waals surface area contributed by atoms with Crippen molar-refractivity contribution in [3.8, 4) is 0 Å². The SMILES string of the molecule is CCC1CCC(=O)N(CC(=O)c2ccccc2C)CC1. The quantitative estimate of drug-likeness (QED) is 0.790. The molecule has 20 heavy (non-hydrogen) atoms. The Balaban J connectivity index is 2.03. The minimum absolute atomic E-state index is 0.0476. The van der Waals surface area contributed by atoms with Crippen molar-refractivity contribution in [3.63, 3.8) is 0 Å². The number of benzene rings is 1. The lowest BCUT2D eigenvalue weighted by Crippen LogP contribution is -2.35. The summed E-state index contributed by atoms with van der Waals surface area (Å²) in [6.45, 7) is 5.04.